The third-order valence-electron chi connectivity index (χ3n) is 2.27. The van der Waals surface area contributed by atoms with Crippen LogP contribution in [0.1, 0.15) is 5.56 Å². The van der Waals surface area contributed by atoms with Gasteiger partial charge < -0.3 is 9.47 Å². The second-order valence-corrected chi connectivity index (χ2v) is 4.45. The van der Waals surface area contributed by atoms with E-state index in [0.717, 1.165) is 15.8 Å². The van der Waals surface area contributed by atoms with E-state index in [9.17, 15) is 0 Å². The predicted octanol–water partition coefficient (Wildman–Crippen LogP) is 3.95. The Morgan fingerprint density at radius 3 is 2.65 bits per heavy atom. The molecule has 0 radical (unpaired) electrons. The zero-order chi connectivity index (χ0) is 12.3. The number of benzene rings is 1. The van der Waals surface area contributed by atoms with Gasteiger partial charge in [0.1, 0.15) is 5.75 Å². The van der Waals surface area contributed by atoms with Gasteiger partial charge in [-0.2, -0.15) is 4.98 Å². The normalized spacial score (nSPS) is 10.1. The molecule has 2 rings (SSSR count). The van der Waals surface area contributed by atoms with Crippen LogP contribution < -0.4 is 9.47 Å². The molecule has 0 N–H and O–H groups in total. The highest BCUT2D eigenvalue weighted by Crippen LogP contribution is 2.27. The number of methoxy groups -OCH3 is 1. The third kappa shape index (κ3) is 2.97. The Labute approximate surface area is 109 Å². The van der Waals surface area contributed by atoms with E-state index in [0.29, 0.717) is 11.8 Å². The Kier molecular flexibility index (Phi) is 3.64. The summed E-state index contributed by atoms with van der Waals surface area (Å²) in [4.78, 5) is 4.20. The maximum atomic E-state index is 5.71. The first-order chi connectivity index (χ1) is 8.19. The van der Waals surface area contributed by atoms with Crippen molar-refractivity contribution in [2.75, 3.05) is 7.11 Å². The Morgan fingerprint density at radius 1 is 1.12 bits per heavy atom. The molecular weight excluding hydrogens is 282 g/mol. The molecule has 17 heavy (non-hydrogen) atoms. The fraction of sp³-hybridized carbons (Fsp3) is 0.154. The van der Waals surface area contributed by atoms with Crippen molar-refractivity contribution >= 4 is 15.9 Å². The fourth-order valence-corrected chi connectivity index (χ4v) is 1.70. The van der Waals surface area contributed by atoms with Crippen molar-refractivity contribution in [3.8, 4) is 17.5 Å². The van der Waals surface area contributed by atoms with Crippen LogP contribution >= 0.6 is 15.9 Å². The minimum absolute atomic E-state index is 0.519. The molecule has 0 amide bonds. The maximum Gasteiger partial charge on any atom is 0.222 e. The van der Waals surface area contributed by atoms with Crippen LogP contribution in [-0.4, -0.2) is 12.1 Å². The zero-order valence-electron chi connectivity index (χ0n) is 9.61. The zero-order valence-corrected chi connectivity index (χ0v) is 11.2. The molecule has 0 fully saturated rings. The third-order valence-corrected chi connectivity index (χ3v) is 2.77. The molecule has 0 saturated heterocycles. The minimum atomic E-state index is 0.519. The van der Waals surface area contributed by atoms with Crippen molar-refractivity contribution in [3.63, 3.8) is 0 Å². The quantitative estimate of drug-likeness (QED) is 0.858. The van der Waals surface area contributed by atoms with Crippen LogP contribution in [0.5, 0.6) is 17.5 Å². The number of halogens is 1. The topological polar surface area (TPSA) is 31.4 Å². The van der Waals surface area contributed by atoms with Gasteiger partial charge in [0.2, 0.25) is 11.8 Å². The molecule has 0 saturated carbocycles. The number of rotatable bonds is 3. The summed E-state index contributed by atoms with van der Waals surface area (Å²) in [5, 5.41) is 0. The van der Waals surface area contributed by atoms with E-state index in [4.69, 9.17) is 9.47 Å². The van der Waals surface area contributed by atoms with Gasteiger partial charge in [0, 0.05) is 16.6 Å². The van der Waals surface area contributed by atoms with E-state index in [-0.39, 0.29) is 0 Å². The van der Waals surface area contributed by atoms with Crippen molar-refractivity contribution in [2.24, 2.45) is 0 Å². The summed E-state index contributed by atoms with van der Waals surface area (Å²) in [7, 11) is 1.58. The number of pyridine rings is 1. The number of nitrogens with zero attached hydrogens (tertiary/aromatic N) is 1. The first-order valence-electron chi connectivity index (χ1n) is 5.14. The minimum Gasteiger partial charge on any atom is -0.481 e. The molecule has 2 aromatic rings. The molecule has 0 atom stereocenters. The molecule has 0 aliphatic carbocycles. The molecule has 0 bridgehead atoms. The summed E-state index contributed by atoms with van der Waals surface area (Å²) in [5.74, 6) is 1.83. The summed E-state index contributed by atoms with van der Waals surface area (Å²) >= 11 is 3.41. The van der Waals surface area contributed by atoms with Crippen LogP contribution in [0.15, 0.2) is 40.9 Å². The highest BCUT2D eigenvalue weighted by atomic mass is 79.9. The van der Waals surface area contributed by atoms with Gasteiger partial charge in [-0.3, -0.25) is 0 Å². The molecule has 0 aliphatic heterocycles. The van der Waals surface area contributed by atoms with Gasteiger partial charge in [0.25, 0.3) is 0 Å². The molecule has 1 heterocycles. The largest absolute Gasteiger partial charge is 0.481 e. The number of aromatic nitrogens is 1. The van der Waals surface area contributed by atoms with Gasteiger partial charge in [-0.15, -0.1) is 0 Å². The molecule has 88 valence electrons. The van der Waals surface area contributed by atoms with Crippen LogP contribution in [-0.2, 0) is 0 Å². The molecule has 0 aliphatic rings. The molecule has 0 unspecified atom stereocenters. The number of hydrogen-bond acceptors (Lipinski definition) is 3. The molecule has 1 aromatic carbocycles. The second kappa shape index (κ2) is 5.19. The van der Waals surface area contributed by atoms with Crippen molar-refractivity contribution in [2.45, 2.75) is 6.92 Å². The van der Waals surface area contributed by atoms with Gasteiger partial charge in [0.05, 0.1) is 7.11 Å². The van der Waals surface area contributed by atoms with Gasteiger partial charge in [-0.1, -0.05) is 28.1 Å². The summed E-state index contributed by atoms with van der Waals surface area (Å²) in [5.41, 5.74) is 1.05. The average Bonchev–Trinajstić information content (AvgIpc) is 2.34. The van der Waals surface area contributed by atoms with Gasteiger partial charge >= 0.3 is 0 Å². The Balaban J connectivity index is 2.27. The monoisotopic (exact) mass is 293 g/mol. The summed E-state index contributed by atoms with van der Waals surface area (Å²) in [6.45, 7) is 1.99. The molecule has 4 heteroatoms. The van der Waals surface area contributed by atoms with Crippen LogP contribution in [0.2, 0.25) is 0 Å². The van der Waals surface area contributed by atoms with E-state index >= 15 is 0 Å². The Bertz CT molecular complexity index is 529. The summed E-state index contributed by atoms with van der Waals surface area (Å²) in [6, 6.07) is 11.3. The van der Waals surface area contributed by atoms with Gasteiger partial charge in [-0.25, -0.2) is 0 Å². The van der Waals surface area contributed by atoms with E-state index in [2.05, 4.69) is 20.9 Å². The lowest BCUT2D eigenvalue weighted by atomic mass is 10.2. The lowest BCUT2D eigenvalue weighted by Crippen LogP contribution is -1.92. The van der Waals surface area contributed by atoms with Gasteiger partial charge in [-0.05, 0) is 24.6 Å². The summed E-state index contributed by atoms with van der Waals surface area (Å²) in [6.07, 6.45) is 0. The van der Waals surface area contributed by atoms with E-state index in [1.54, 1.807) is 19.2 Å². The van der Waals surface area contributed by atoms with E-state index in [1.807, 2.05) is 31.2 Å². The standard InChI is InChI=1S/C13H12BrNO2/c1-9-6-7-10(14)8-11(9)17-13-5-3-4-12(15-13)16-2/h3-8H,1-2H3. The number of aryl methyl sites for hydroxylation is 1. The first kappa shape index (κ1) is 11.9. The van der Waals surface area contributed by atoms with Crippen molar-refractivity contribution in [1.82, 2.24) is 4.98 Å². The molecular formula is C13H12BrNO2. The number of hydrogen-bond donors (Lipinski definition) is 0. The van der Waals surface area contributed by atoms with Crippen LogP contribution in [0.4, 0.5) is 0 Å². The highest BCUT2D eigenvalue weighted by molar-refractivity contribution is 9.10. The van der Waals surface area contributed by atoms with Crippen LogP contribution in [0.3, 0.4) is 0 Å². The molecule has 0 spiro atoms. The average molecular weight is 294 g/mol. The number of ether oxygens (including phenoxy) is 2. The van der Waals surface area contributed by atoms with E-state index in [1.165, 1.54) is 0 Å². The Morgan fingerprint density at radius 2 is 1.88 bits per heavy atom. The van der Waals surface area contributed by atoms with Crippen molar-refractivity contribution in [1.29, 1.82) is 0 Å². The predicted molar refractivity (Wildman–Crippen MR) is 69.7 cm³/mol. The lowest BCUT2D eigenvalue weighted by Gasteiger charge is -2.08. The van der Waals surface area contributed by atoms with Gasteiger partial charge in [0.15, 0.2) is 0 Å². The lowest BCUT2D eigenvalue weighted by molar-refractivity contribution is 0.383. The van der Waals surface area contributed by atoms with Crippen molar-refractivity contribution in [3.05, 3.63) is 46.4 Å². The maximum absolute atomic E-state index is 5.71. The smallest absolute Gasteiger partial charge is 0.222 e. The van der Waals surface area contributed by atoms with E-state index < -0.39 is 0 Å². The summed E-state index contributed by atoms with van der Waals surface area (Å²) < 4.78 is 11.7. The second-order valence-electron chi connectivity index (χ2n) is 3.53. The highest BCUT2D eigenvalue weighted by Gasteiger charge is 2.04. The SMILES string of the molecule is COc1cccc(Oc2cc(Br)ccc2C)n1. The van der Waals surface area contributed by atoms with Crippen molar-refractivity contribution < 1.29 is 9.47 Å². The first-order valence-corrected chi connectivity index (χ1v) is 5.93. The Hall–Kier alpha value is -1.55. The van der Waals surface area contributed by atoms with Crippen LogP contribution in [0.25, 0.3) is 0 Å². The molecule has 3 nitrogen and oxygen atoms in total. The molecule has 1 aromatic heterocycles. The van der Waals surface area contributed by atoms with Crippen LogP contribution in [0, 0.1) is 6.92 Å². The fourth-order valence-electron chi connectivity index (χ4n) is 1.36.